The van der Waals surface area contributed by atoms with E-state index in [2.05, 4.69) is 30.3 Å². The maximum absolute atomic E-state index is 12.4. The standard InChI is InChI=1S/C16H27N7O2S/c1-6-17-13-9-12(4)20-16(21-13)18-7-8-19-26(24,25)14-10-23(5)15(22-14)11(2)3/h9-11,19H,6-8H2,1-5H3,(H2,17,18,20,21). The molecular formula is C16H27N7O2S. The Morgan fingerprint density at radius 1 is 1.15 bits per heavy atom. The first-order chi connectivity index (χ1) is 12.2. The Hall–Kier alpha value is -2.20. The Bertz CT molecular complexity index is 846. The zero-order chi connectivity index (χ0) is 19.3. The third kappa shape index (κ3) is 5.15. The minimum Gasteiger partial charge on any atom is -0.370 e. The monoisotopic (exact) mass is 381 g/mol. The summed E-state index contributed by atoms with van der Waals surface area (Å²) >= 11 is 0. The van der Waals surface area contributed by atoms with Gasteiger partial charge in [-0.2, -0.15) is 4.98 Å². The van der Waals surface area contributed by atoms with Crippen molar-refractivity contribution >= 4 is 21.8 Å². The predicted molar refractivity (Wildman–Crippen MR) is 102 cm³/mol. The summed E-state index contributed by atoms with van der Waals surface area (Å²) in [5.74, 6) is 2.07. The van der Waals surface area contributed by atoms with Crippen molar-refractivity contribution in [3.8, 4) is 0 Å². The molecule has 9 nitrogen and oxygen atoms in total. The zero-order valence-corrected chi connectivity index (χ0v) is 16.7. The fourth-order valence-corrected chi connectivity index (χ4v) is 3.50. The van der Waals surface area contributed by atoms with Gasteiger partial charge in [0.1, 0.15) is 11.6 Å². The van der Waals surface area contributed by atoms with Gasteiger partial charge in [-0.25, -0.2) is 23.1 Å². The van der Waals surface area contributed by atoms with Gasteiger partial charge < -0.3 is 15.2 Å². The average Bonchev–Trinajstić information content (AvgIpc) is 2.94. The number of hydrogen-bond acceptors (Lipinski definition) is 7. The van der Waals surface area contributed by atoms with Crippen molar-refractivity contribution in [3.05, 3.63) is 23.8 Å². The molecule has 0 aliphatic rings. The third-order valence-electron chi connectivity index (χ3n) is 3.59. The maximum Gasteiger partial charge on any atom is 0.259 e. The highest BCUT2D eigenvalue weighted by molar-refractivity contribution is 7.89. The summed E-state index contributed by atoms with van der Waals surface area (Å²) in [6.45, 7) is 9.13. The Balaban J connectivity index is 1.94. The molecule has 0 amide bonds. The molecule has 144 valence electrons. The van der Waals surface area contributed by atoms with Crippen LogP contribution in [0.3, 0.4) is 0 Å². The number of aryl methyl sites for hydroxylation is 2. The van der Waals surface area contributed by atoms with Crippen LogP contribution in [-0.2, 0) is 17.1 Å². The lowest BCUT2D eigenvalue weighted by Crippen LogP contribution is -2.29. The molecule has 2 aromatic heterocycles. The normalized spacial score (nSPS) is 11.8. The maximum atomic E-state index is 12.4. The average molecular weight is 382 g/mol. The van der Waals surface area contributed by atoms with Crippen LogP contribution in [0.5, 0.6) is 0 Å². The van der Waals surface area contributed by atoms with Crippen molar-refractivity contribution in [1.82, 2.24) is 24.2 Å². The molecule has 0 unspecified atom stereocenters. The summed E-state index contributed by atoms with van der Waals surface area (Å²) in [7, 11) is -1.86. The van der Waals surface area contributed by atoms with Crippen molar-refractivity contribution in [1.29, 1.82) is 0 Å². The lowest BCUT2D eigenvalue weighted by Gasteiger charge is -2.09. The molecule has 0 saturated carbocycles. The highest BCUT2D eigenvalue weighted by Crippen LogP contribution is 2.15. The van der Waals surface area contributed by atoms with Gasteiger partial charge in [-0.3, -0.25) is 0 Å². The highest BCUT2D eigenvalue weighted by atomic mass is 32.2. The molecule has 0 saturated heterocycles. The Morgan fingerprint density at radius 3 is 2.50 bits per heavy atom. The summed E-state index contributed by atoms with van der Waals surface area (Å²) in [5, 5.41) is 6.19. The van der Waals surface area contributed by atoms with Crippen LogP contribution in [0.2, 0.25) is 0 Å². The molecule has 0 spiro atoms. The van der Waals surface area contributed by atoms with Gasteiger partial charge in [-0.1, -0.05) is 13.8 Å². The lowest BCUT2D eigenvalue weighted by atomic mass is 10.2. The Labute approximate surface area is 154 Å². The number of imidazole rings is 1. The molecule has 0 radical (unpaired) electrons. The molecule has 26 heavy (non-hydrogen) atoms. The smallest absolute Gasteiger partial charge is 0.259 e. The lowest BCUT2D eigenvalue weighted by molar-refractivity contribution is 0.579. The summed E-state index contributed by atoms with van der Waals surface area (Å²) in [6.07, 6.45) is 1.53. The van der Waals surface area contributed by atoms with E-state index in [0.717, 1.165) is 23.9 Å². The predicted octanol–water partition coefficient (Wildman–Crippen LogP) is 1.46. The molecule has 2 heterocycles. The van der Waals surface area contributed by atoms with E-state index < -0.39 is 10.0 Å². The van der Waals surface area contributed by atoms with Gasteiger partial charge in [0, 0.05) is 50.6 Å². The van der Waals surface area contributed by atoms with E-state index in [-0.39, 0.29) is 17.5 Å². The zero-order valence-electron chi connectivity index (χ0n) is 15.9. The van der Waals surface area contributed by atoms with E-state index in [0.29, 0.717) is 12.5 Å². The van der Waals surface area contributed by atoms with Gasteiger partial charge in [-0.15, -0.1) is 0 Å². The summed E-state index contributed by atoms with van der Waals surface area (Å²) < 4.78 is 29.0. The highest BCUT2D eigenvalue weighted by Gasteiger charge is 2.20. The van der Waals surface area contributed by atoms with Crippen LogP contribution in [0.4, 0.5) is 11.8 Å². The summed E-state index contributed by atoms with van der Waals surface area (Å²) in [6, 6.07) is 1.85. The van der Waals surface area contributed by atoms with Crippen LogP contribution in [0.15, 0.2) is 17.3 Å². The van der Waals surface area contributed by atoms with Crippen molar-refractivity contribution in [2.24, 2.45) is 7.05 Å². The quantitative estimate of drug-likeness (QED) is 0.564. The van der Waals surface area contributed by atoms with Crippen LogP contribution in [0, 0.1) is 6.92 Å². The van der Waals surface area contributed by atoms with E-state index in [9.17, 15) is 8.42 Å². The van der Waals surface area contributed by atoms with Gasteiger partial charge in [0.25, 0.3) is 10.0 Å². The van der Waals surface area contributed by atoms with Crippen LogP contribution in [0.1, 0.15) is 38.2 Å². The first-order valence-electron chi connectivity index (χ1n) is 8.59. The van der Waals surface area contributed by atoms with Crippen LogP contribution in [0.25, 0.3) is 0 Å². The number of hydrogen-bond donors (Lipinski definition) is 3. The van der Waals surface area contributed by atoms with E-state index in [1.165, 1.54) is 6.20 Å². The molecule has 0 fully saturated rings. The largest absolute Gasteiger partial charge is 0.370 e. The Kier molecular flexibility index (Phi) is 6.54. The molecular weight excluding hydrogens is 354 g/mol. The molecule has 0 aromatic carbocycles. The molecule has 0 atom stereocenters. The molecule has 10 heteroatoms. The Morgan fingerprint density at radius 2 is 1.88 bits per heavy atom. The molecule has 2 aromatic rings. The second kappa shape index (κ2) is 8.45. The minimum absolute atomic E-state index is 0.0323. The van der Waals surface area contributed by atoms with E-state index in [1.54, 1.807) is 11.6 Å². The van der Waals surface area contributed by atoms with Gasteiger partial charge in [0.05, 0.1) is 0 Å². The molecule has 0 aliphatic heterocycles. The van der Waals surface area contributed by atoms with Crippen molar-refractivity contribution in [3.63, 3.8) is 0 Å². The van der Waals surface area contributed by atoms with Crippen LogP contribution in [-0.4, -0.2) is 47.6 Å². The first kappa shape index (κ1) is 20.1. The minimum atomic E-state index is -3.65. The number of rotatable bonds is 9. The SMILES string of the molecule is CCNc1cc(C)nc(NCCNS(=O)(=O)c2cn(C)c(C(C)C)n2)n1. The second-order valence-electron chi connectivity index (χ2n) is 6.28. The summed E-state index contributed by atoms with van der Waals surface area (Å²) in [5.41, 5.74) is 0.828. The molecule has 3 N–H and O–H groups in total. The molecule has 0 bridgehead atoms. The third-order valence-corrected chi connectivity index (χ3v) is 4.93. The molecule has 2 rings (SSSR count). The molecule has 0 aliphatic carbocycles. The topological polar surface area (TPSA) is 114 Å². The van der Waals surface area contributed by atoms with Gasteiger partial charge in [0.2, 0.25) is 5.95 Å². The first-order valence-corrected chi connectivity index (χ1v) is 10.1. The number of sulfonamides is 1. The van der Waals surface area contributed by atoms with E-state index in [4.69, 9.17) is 0 Å². The summed E-state index contributed by atoms with van der Waals surface area (Å²) in [4.78, 5) is 12.8. The van der Waals surface area contributed by atoms with Gasteiger partial charge >= 0.3 is 0 Å². The van der Waals surface area contributed by atoms with Crippen molar-refractivity contribution < 1.29 is 8.42 Å². The van der Waals surface area contributed by atoms with Crippen molar-refractivity contribution in [2.75, 3.05) is 30.3 Å². The van der Waals surface area contributed by atoms with Crippen LogP contribution < -0.4 is 15.4 Å². The van der Waals surface area contributed by atoms with Crippen LogP contribution >= 0.6 is 0 Å². The van der Waals surface area contributed by atoms with Gasteiger partial charge in [-0.05, 0) is 13.8 Å². The fourth-order valence-electron chi connectivity index (χ4n) is 2.47. The van der Waals surface area contributed by atoms with Gasteiger partial charge in [0.15, 0.2) is 5.03 Å². The number of nitrogens with zero attached hydrogens (tertiary/aromatic N) is 4. The van der Waals surface area contributed by atoms with E-state index in [1.807, 2.05) is 33.8 Å². The number of anilines is 2. The second-order valence-corrected chi connectivity index (χ2v) is 7.99. The van der Waals surface area contributed by atoms with E-state index >= 15 is 0 Å². The number of aromatic nitrogens is 4. The number of nitrogens with one attached hydrogen (secondary N) is 3. The van der Waals surface area contributed by atoms with Crippen molar-refractivity contribution in [2.45, 2.75) is 38.6 Å². The fraction of sp³-hybridized carbons (Fsp3) is 0.562.